The molecule has 0 aliphatic carbocycles. The summed E-state index contributed by atoms with van der Waals surface area (Å²) < 4.78 is 58.4. The zero-order chi connectivity index (χ0) is 18.4. The summed E-state index contributed by atoms with van der Waals surface area (Å²) in [6.45, 7) is 1.56. The van der Waals surface area contributed by atoms with E-state index in [2.05, 4.69) is 4.72 Å². The summed E-state index contributed by atoms with van der Waals surface area (Å²) in [7, 11) is -3.95. The third-order valence-corrected chi connectivity index (χ3v) is 4.51. The van der Waals surface area contributed by atoms with Gasteiger partial charge in [0.2, 0.25) is 15.9 Å². The van der Waals surface area contributed by atoms with Gasteiger partial charge in [0, 0.05) is 0 Å². The van der Waals surface area contributed by atoms with Crippen LogP contribution in [0, 0.1) is 11.6 Å². The first kappa shape index (κ1) is 18.8. The molecule has 0 aliphatic rings. The number of hydrogen-bond acceptors (Lipinski definition) is 4. The molecular weight excluding hydrogens is 354 g/mol. The van der Waals surface area contributed by atoms with E-state index in [0.717, 1.165) is 18.2 Å². The van der Waals surface area contributed by atoms with Gasteiger partial charge in [0.1, 0.15) is 23.1 Å². The van der Waals surface area contributed by atoms with Gasteiger partial charge in [-0.25, -0.2) is 21.9 Å². The van der Waals surface area contributed by atoms with Crippen molar-refractivity contribution >= 4 is 21.6 Å². The van der Waals surface area contributed by atoms with E-state index in [-0.39, 0.29) is 4.90 Å². The number of carbonyl (C=O) groups is 1. The van der Waals surface area contributed by atoms with Gasteiger partial charge in [-0.1, -0.05) is 6.07 Å². The zero-order valence-electron chi connectivity index (χ0n) is 13.3. The molecule has 6 nitrogen and oxygen atoms in total. The summed E-state index contributed by atoms with van der Waals surface area (Å²) in [5.41, 5.74) is -0.632. The molecule has 0 fully saturated rings. The lowest BCUT2D eigenvalue weighted by Crippen LogP contribution is -2.33. The number of rotatable bonds is 7. The summed E-state index contributed by atoms with van der Waals surface area (Å²) >= 11 is 0. The quantitative estimate of drug-likeness (QED) is 0.783. The molecule has 0 bridgehead atoms. The number of hydrogen-bond donors (Lipinski definition) is 2. The molecule has 9 heteroatoms. The Morgan fingerprint density at radius 2 is 1.68 bits per heavy atom. The van der Waals surface area contributed by atoms with Crippen molar-refractivity contribution in [1.82, 2.24) is 4.72 Å². The van der Waals surface area contributed by atoms with Crippen LogP contribution in [0.25, 0.3) is 0 Å². The van der Waals surface area contributed by atoms with Crippen molar-refractivity contribution in [2.75, 3.05) is 18.5 Å². The zero-order valence-corrected chi connectivity index (χ0v) is 14.1. The summed E-state index contributed by atoms with van der Waals surface area (Å²) in [5.74, 6) is -2.31. The first-order chi connectivity index (χ1) is 11.8. The summed E-state index contributed by atoms with van der Waals surface area (Å²) in [4.78, 5) is 11.7. The summed E-state index contributed by atoms with van der Waals surface area (Å²) in [6, 6.07) is 8.70. The second kappa shape index (κ2) is 8.04. The number of ether oxygens (including phenoxy) is 1. The Morgan fingerprint density at radius 3 is 2.24 bits per heavy atom. The molecule has 0 saturated heterocycles. The Labute approximate surface area is 143 Å². The Bertz CT molecular complexity index is 835. The van der Waals surface area contributed by atoms with Gasteiger partial charge < -0.3 is 10.1 Å². The average molecular weight is 370 g/mol. The smallest absolute Gasteiger partial charge is 0.241 e. The molecule has 134 valence electrons. The van der Waals surface area contributed by atoms with Crippen LogP contribution in [0.4, 0.5) is 14.5 Å². The fraction of sp³-hybridized carbons (Fsp3) is 0.188. The van der Waals surface area contributed by atoms with Crippen molar-refractivity contribution in [1.29, 1.82) is 0 Å². The highest BCUT2D eigenvalue weighted by Crippen LogP contribution is 2.18. The monoisotopic (exact) mass is 370 g/mol. The van der Waals surface area contributed by atoms with Gasteiger partial charge in [0.15, 0.2) is 0 Å². The second-order valence-electron chi connectivity index (χ2n) is 4.87. The van der Waals surface area contributed by atoms with Crippen LogP contribution in [0.15, 0.2) is 47.4 Å². The fourth-order valence-corrected chi connectivity index (χ4v) is 2.91. The van der Waals surface area contributed by atoms with Crippen LogP contribution in [0.2, 0.25) is 0 Å². The number of para-hydroxylation sites is 1. The molecule has 2 N–H and O–H groups in total. The number of halogens is 2. The minimum Gasteiger partial charge on any atom is -0.494 e. The standard InChI is InChI=1S/C16H16F2N2O4S/c1-2-24-11-6-8-12(9-7-11)25(22,23)19-10-15(21)20-16-13(17)4-3-5-14(16)18/h3-9,19H,2,10H2,1H3,(H,20,21). The lowest BCUT2D eigenvalue weighted by molar-refractivity contribution is -0.115. The molecule has 0 radical (unpaired) electrons. The normalized spacial score (nSPS) is 11.2. The van der Waals surface area contributed by atoms with Gasteiger partial charge in [-0.3, -0.25) is 4.79 Å². The van der Waals surface area contributed by atoms with E-state index < -0.39 is 39.8 Å². The van der Waals surface area contributed by atoms with Crippen LogP contribution in [0.1, 0.15) is 6.92 Å². The molecule has 0 aliphatic heterocycles. The molecule has 2 aromatic carbocycles. The van der Waals surface area contributed by atoms with Crippen LogP contribution in [-0.2, 0) is 14.8 Å². The highest BCUT2D eigenvalue weighted by molar-refractivity contribution is 7.89. The molecule has 0 aromatic heterocycles. The molecule has 0 atom stereocenters. The van der Waals surface area contributed by atoms with Crippen LogP contribution in [0.5, 0.6) is 5.75 Å². The Kier molecular flexibility index (Phi) is 6.05. The lowest BCUT2D eigenvalue weighted by Gasteiger charge is -2.10. The SMILES string of the molecule is CCOc1ccc(S(=O)(=O)NCC(=O)Nc2c(F)cccc2F)cc1. The van der Waals surface area contributed by atoms with Crippen LogP contribution >= 0.6 is 0 Å². The predicted octanol–water partition coefficient (Wildman–Crippen LogP) is 2.28. The van der Waals surface area contributed by atoms with E-state index in [0.29, 0.717) is 12.4 Å². The molecule has 2 rings (SSSR count). The summed E-state index contributed by atoms with van der Waals surface area (Å²) in [6.07, 6.45) is 0. The lowest BCUT2D eigenvalue weighted by atomic mass is 10.3. The molecule has 0 unspecified atom stereocenters. The number of nitrogens with one attached hydrogen (secondary N) is 2. The van der Waals surface area contributed by atoms with Crippen molar-refractivity contribution < 1.29 is 26.7 Å². The molecule has 0 spiro atoms. The molecule has 25 heavy (non-hydrogen) atoms. The topological polar surface area (TPSA) is 84.5 Å². The minimum absolute atomic E-state index is 0.0687. The minimum atomic E-state index is -3.95. The Balaban J connectivity index is 2.00. The maximum Gasteiger partial charge on any atom is 0.241 e. The number of benzene rings is 2. The molecule has 1 amide bonds. The Morgan fingerprint density at radius 1 is 1.08 bits per heavy atom. The van der Waals surface area contributed by atoms with Gasteiger partial charge in [-0.05, 0) is 43.3 Å². The van der Waals surface area contributed by atoms with Gasteiger partial charge in [0.05, 0.1) is 18.0 Å². The van der Waals surface area contributed by atoms with E-state index in [1.807, 2.05) is 5.32 Å². The maximum atomic E-state index is 13.4. The third kappa shape index (κ3) is 4.97. The fourth-order valence-electron chi connectivity index (χ4n) is 1.93. The third-order valence-electron chi connectivity index (χ3n) is 3.09. The predicted molar refractivity (Wildman–Crippen MR) is 87.8 cm³/mol. The van der Waals surface area contributed by atoms with Gasteiger partial charge in [0.25, 0.3) is 0 Å². The maximum absolute atomic E-state index is 13.4. The van der Waals surface area contributed by atoms with Crippen molar-refractivity contribution in [3.63, 3.8) is 0 Å². The van der Waals surface area contributed by atoms with Crippen LogP contribution < -0.4 is 14.8 Å². The highest BCUT2D eigenvalue weighted by atomic mass is 32.2. The molecule has 0 heterocycles. The number of sulfonamides is 1. The summed E-state index contributed by atoms with van der Waals surface area (Å²) in [5, 5.41) is 1.99. The van der Waals surface area contributed by atoms with E-state index in [4.69, 9.17) is 4.74 Å². The largest absolute Gasteiger partial charge is 0.494 e. The van der Waals surface area contributed by atoms with Crippen molar-refractivity contribution in [2.45, 2.75) is 11.8 Å². The molecule has 0 saturated carbocycles. The van der Waals surface area contributed by atoms with E-state index >= 15 is 0 Å². The number of carbonyl (C=O) groups excluding carboxylic acids is 1. The second-order valence-corrected chi connectivity index (χ2v) is 6.64. The average Bonchev–Trinajstić information content (AvgIpc) is 2.57. The molecule has 2 aromatic rings. The van der Waals surface area contributed by atoms with Crippen molar-refractivity contribution in [3.8, 4) is 5.75 Å². The van der Waals surface area contributed by atoms with E-state index in [1.165, 1.54) is 24.3 Å². The van der Waals surface area contributed by atoms with E-state index in [9.17, 15) is 22.0 Å². The first-order valence-corrected chi connectivity index (χ1v) is 8.78. The van der Waals surface area contributed by atoms with Gasteiger partial charge in [-0.2, -0.15) is 0 Å². The van der Waals surface area contributed by atoms with Crippen LogP contribution in [-0.4, -0.2) is 27.5 Å². The van der Waals surface area contributed by atoms with Gasteiger partial charge in [-0.15, -0.1) is 0 Å². The number of amides is 1. The van der Waals surface area contributed by atoms with E-state index in [1.54, 1.807) is 6.92 Å². The highest BCUT2D eigenvalue weighted by Gasteiger charge is 2.17. The van der Waals surface area contributed by atoms with Crippen molar-refractivity contribution in [2.24, 2.45) is 0 Å². The Hall–Kier alpha value is -2.52. The molecular formula is C16H16F2N2O4S. The van der Waals surface area contributed by atoms with Crippen molar-refractivity contribution in [3.05, 3.63) is 54.1 Å². The van der Waals surface area contributed by atoms with Crippen LogP contribution in [0.3, 0.4) is 0 Å². The number of anilines is 1. The van der Waals surface area contributed by atoms with Gasteiger partial charge >= 0.3 is 0 Å². The first-order valence-electron chi connectivity index (χ1n) is 7.30.